The van der Waals surface area contributed by atoms with Crippen molar-refractivity contribution in [1.82, 2.24) is 9.55 Å². The van der Waals surface area contributed by atoms with Crippen LogP contribution in [0.2, 0.25) is 10.0 Å². The molecule has 0 atom stereocenters. The number of imidazole rings is 1. The largest absolute Gasteiger partial charge is 0.330 e. The van der Waals surface area contributed by atoms with Gasteiger partial charge in [0.2, 0.25) is 0 Å². The number of nitrogens with zero attached hydrogens (tertiary/aromatic N) is 1. The third kappa shape index (κ3) is 2.14. The van der Waals surface area contributed by atoms with Crippen molar-refractivity contribution in [3.8, 4) is 5.69 Å². The van der Waals surface area contributed by atoms with Crippen molar-refractivity contribution in [3.05, 3.63) is 56.5 Å². The minimum Gasteiger partial charge on any atom is -0.330 e. The molecule has 0 aliphatic carbocycles. The van der Waals surface area contributed by atoms with E-state index in [0.29, 0.717) is 20.8 Å². The maximum absolute atomic E-state index is 13.5. The number of aromatic amines is 1. The second-order valence-corrected chi connectivity index (χ2v) is 5.70. The van der Waals surface area contributed by atoms with Gasteiger partial charge >= 0.3 is 0 Å². The molecular formula is C14H9Cl2FN2S. The average Bonchev–Trinajstić information content (AvgIpc) is 2.66. The number of benzene rings is 2. The molecule has 0 bridgehead atoms. The quantitative estimate of drug-likeness (QED) is 0.590. The molecule has 0 unspecified atom stereocenters. The molecule has 20 heavy (non-hydrogen) atoms. The number of aromatic nitrogens is 2. The molecule has 0 spiro atoms. The van der Waals surface area contributed by atoms with Crippen LogP contribution in [-0.2, 0) is 0 Å². The molecule has 3 aromatic rings. The molecule has 0 aliphatic heterocycles. The predicted octanol–water partition coefficient (Wildman–Crippen LogP) is 5.44. The molecule has 0 saturated heterocycles. The van der Waals surface area contributed by atoms with Crippen molar-refractivity contribution in [2.75, 3.05) is 0 Å². The highest BCUT2D eigenvalue weighted by atomic mass is 35.5. The number of H-pyrrole nitrogens is 1. The van der Waals surface area contributed by atoms with E-state index in [1.54, 1.807) is 4.57 Å². The van der Waals surface area contributed by atoms with Gasteiger partial charge in [-0.25, -0.2) is 4.39 Å². The van der Waals surface area contributed by atoms with E-state index >= 15 is 0 Å². The van der Waals surface area contributed by atoms with Crippen LogP contribution in [0.5, 0.6) is 0 Å². The van der Waals surface area contributed by atoms with E-state index in [1.165, 1.54) is 12.1 Å². The summed E-state index contributed by atoms with van der Waals surface area (Å²) >= 11 is 17.4. The Morgan fingerprint density at radius 2 is 1.90 bits per heavy atom. The van der Waals surface area contributed by atoms with Gasteiger partial charge in [-0.1, -0.05) is 29.3 Å². The Morgan fingerprint density at radius 1 is 1.15 bits per heavy atom. The summed E-state index contributed by atoms with van der Waals surface area (Å²) in [5, 5.41) is 0.617. The Labute approximate surface area is 129 Å². The van der Waals surface area contributed by atoms with Gasteiger partial charge in [0.25, 0.3) is 0 Å². The summed E-state index contributed by atoms with van der Waals surface area (Å²) in [7, 11) is 0. The van der Waals surface area contributed by atoms with E-state index in [4.69, 9.17) is 35.4 Å². The summed E-state index contributed by atoms with van der Waals surface area (Å²) in [5.41, 5.74) is 3.05. The van der Waals surface area contributed by atoms with Gasteiger partial charge in [0, 0.05) is 6.07 Å². The molecule has 0 aliphatic rings. The fraction of sp³-hybridized carbons (Fsp3) is 0.0714. The first kappa shape index (κ1) is 13.6. The maximum atomic E-state index is 13.5. The minimum atomic E-state index is -0.488. The second kappa shape index (κ2) is 4.88. The van der Waals surface area contributed by atoms with E-state index in [2.05, 4.69) is 4.98 Å². The molecule has 1 aromatic heterocycles. The number of rotatable bonds is 1. The van der Waals surface area contributed by atoms with Crippen molar-refractivity contribution >= 4 is 46.5 Å². The molecule has 6 heteroatoms. The van der Waals surface area contributed by atoms with Crippen LogP contribution >= 0.6 is 35.4 Å². The van der Waals surface area contributed by atoms with Crippen LogP contribution < -0.4 is 0 Å². The Kier molecular flexibility index (Phi) is 3.32. The molecule has 0 radical (unpaired) electrons. The van der Waals surface area contributed by atoms with Crippen LogP contribution in [0.3, 0.4) is 0 Å². The smallest absolute Gasteiger partial charge is 0.182 e. The summed E-state index contributed by atoms with van der Waals surface area (Å²) < 4.78 is 15.7. The monoisotopic (exact) mass is 326 g/mol. The zero-order chi connectivity index (χ0) is 14.4. The Bertz CT molecular complexity index is 883. The van der Waals surface area contributed by atoms with Crippen LogP contribution in [0.1, 0.15) is 5.56 Å². The Balaban J connectivity index is 2.39. The number of hydrogen-bond donors (Lipinski definition) is 1. The van der Waals surface area contributed by atoms with Gasteiger partial charge in [-0.3, -0.25) is 4.57 Å². The van der Waals surface area contributed by atoms with Crippen molar-refractivity contribution in [3.63, 3.8) is 0 Å². The summed E-state index contributed by atoms with van der Waals surface area (Å²) in [4.78, 5) is 2.96. The lowest BCUT2D eigenvalue weighted by atomic mass is 10.2. The number of hydrogen-bond acceptors (Lipinski definition) is 1. The SMILES string of the molecule is Cc1ccc(-n2c(=S)[nH]c3cc(F)c(Cl)cc32)c(Cl)c1. The first-order valence-electron chi connectivity index (χ1n) is 5.83. The van der Waals surface area contributed by atoms with Gasteiger partial charge in [0.15, 0.2) is 4.77 Å². The molecule has 0 amide bonds. The van der Waals surface area contributed by atoms with E-state index in [-0.39, 0.29) is 5.02 Å². The predicted molar refractivity (Wildman–Crippen MR) is 83.2 cm³/mol. The number of aryl methyl sites for hydroxylation is 1. The molecule has 0 saturated carbocycles. The lowest BCUT2D eigenvalue weighted by Gasteiger charge is -2.08. The van der Waals surface area contributed by atoms with Crippen molar-refractivity contribution in [2.24, 2.45) is 0 Å². The van der Waals surface area contributed by atoms with Crippen LogP contribution in [-0.4, -0.2) is 9.55 Å². The molecule has 1 heterocycles. The van der Waals surface area contributed by atoms with Crippen molar-refractivity contribution in [2.45, 2.75) is 6.92 Å². The average molecular weight is 327 g/mol. The highest BCUT2D eigenvalue weighted by Gasteiger charge is 2.12. The van der Waals surface area contributed by atoms with Gasteiger partial charge in [-0.05, 0) is 42.9 Å². The molecule has 2 nitrogen and oxygen atoms in total. The van der Waals surface area contributed by atoms with Gasteiger partial charge in [0.1, 0.15) is 5.82 Å². The number of nitrogens with one attached hydrogen (secondary N) is 1. The molecule has 1 N–H and O–H groups in total. The van der Waals surface area contributed by atoms with Gasteiger partial charge in [-0.15, -0.1) is 0 Å². The standard InChI is InChI=1S/C14H9Cl2FN2S/c1-7-2-3-12(9(16)4-7)19-13-5-8(15)10(17)6-11(13)18-14(19)20/h2-6H,1H3,(H,18,20). The van der Waals surface area contributed by atoms with Crippen LogP contribution in [0, 0.1) is 17.5 Å². The van der Waals surface area contributed by atoms with E-state index in [0.717, 1.165) is 11.3 Å². The third-order valence-corrected chi connectivity index (χ3v) is 3.95. The summed E-state index contributed by atoms with van der Waals surface area (Å²) in [6, 6.07) is 8.52. The second-order valence-electron chi connectivity index (χ2n) is 4.50. The van der Waals surface area contributed by atoms with Crippen molar-refractivity contribution < 1.29 is 4.39 Å². The summed E-state index contributed by atoms with van der Waals surface area (Å²) in [6.07, 6.45) is 0. The fourth-order valence-electron chi connectivity index (χ4n) is 2.13. The Hall–Kier alpha value is -1.36. The lowest BCUT2D eigenvalue weighted by Crippen LogP contribution is -1.95. The van der Waals surface area contributed by atoms with Crippen LogP contribution in [0.4, 0.5) is 4.39 Å². The van der Waals surface area contributed by atoms with Crippen molar-refractivity contribution in [1.29, 1.82) is 0 Å². The van der Waals surface area contributed by atoms with Gasteiger partial charge < -0.3 is 4.98 Å². The third-order valence-electron chi connectivity index (χ3n) is 3.07. The normalized spacial score (nSPS) is 11.2. The number of fused-ring (bicyclic) bond motifs is 1. The molecule has 102 valence electrons. The summed E-state index contributed by atoms with van der Waals surface area (Å²) in [5.74, 6) is -0.488. The molecule has 0 fully saturated rings. The van der Waals surface area contributed by atoms with Gasteiger partial charge in [-0.2, -0.15) is 0 Å². The maximum Gasteiger partial charge on any atom is 0.182 e. The van der Waals surface area contributed by atoms with E-state index < -0.39 is 5.82 Å². The zero-order valence-corrected chi connectivity index (χ0v) is 12.7. The highest BCUT2D eigenvalue weighted by molar-refractivity contribution is 7.71. The first-order valence-corrected chi connectivity index (χ1v) is 7.00. The van der Waals surface area contributed by atoms with Crippen LogP contribution in [0.15, 0.2) is 30.3 Å². The van der Waals surface area contributed by atoms with Gasteiger partial charge in [0.05, 0.1) is 26.8 Å². The molecule has 3 rings (SSSR count). The highest BCUT2D eigenvalue weighted by Crippen LogP contribution is 2.29. The summed E-state index contributed by atoms with van der Waals surface area (Å²) in [6.45, 7) is 1.95. The van der Waals surface area contributed by atoms with Crippen LogP contribution in [0.25, 0.3) is 16.7 Å². The Morgan fingerprint density at radius 3 is 2.60 bits per heavy atom. The van der Waals surface area contributed by atoms with E-state index in [1.807, 2.05) is 25.1 Å². The lowest BCUT2D eigenvalue weighted by molar-refractivity contribution is 0.630. The topological polar surface area (TPSA) is 20.7 Å². The van der Waals surface area contributed by atoms with E-state index in [9.17, 15) is 4.39 Å². The minimum absolute atomic E-state index is 0.0449. The first-order chi connectivity index (χ1) is 9.47. The molecular weight excluding hydrogens is 318 g/mol. The number of halogens is 3. The fourth-order valence-corrected chi connectivity index (χ4v) is 2.92. The zero-order valence-electron chi connectivity index (χ0n) is 10.4. The molecule has 2 aromatic carbocycles.